The molecular formula is C30H53N7O8S. The number of aromatic amines is 1. The third kappa shape index (κ3) is 18.2. The number of aliphatic hydroxyl groups is 1. The second-order valence-electron chi connectivity index (χ2n) is 12.3. The molecule has 1 aromatic rings. The van der Waals surface area contributed by atoms with Crippen molar-refractivity contribution in [3.8, 4) is 0 Å². The predicted molar refractivity (Wildman–Crippen MR) is 174 cm³/mol. The second kappa shape index (κ2) is 21.0. The van der Waals surface area contributed by atoms with Crippen LogP contribution in [0, 0.1) is 10.7 Å². The van der Waals surface area contributed by atoms with Crippen LogP contribution < -0.4 is 26.6 Å². The minimum Gasteiger partial charge on any atom is -0.375 e. The monoisotopic (exact) mass is 671 g/mol. The molecule has 2 unspecified atom stereocenters. The molecule has 262 valence electrons. The van der Waals surface area contributed by atoms with Gasteiger partial charge < -0.3 is 45.6 Å². The molecule has 0 fully saturated rings. The van der Waals surface area contributed by atoms with Crippen LogP contribution in [0.25, 0.3) is 0 Å². The van der Waals surface area contributed by atoms with Crippen LogP contribution in [0.15, 0.2) is 12.4 Å². The number of H-pyrrole nitrogens is 1. The van der Waals surface area contributed by atoms with Gasteiger partial charge in [-0.2, -0.15) is 0 Å². The van der Waals surface area contributed by atoms with Crippen molar-refractivity contribution >= 4 is 35.8 Å². The molecule has 0 aliphatic heterocycles. The molecule has 1 aromatic heterocycles. The Morgan fingerprint density at radius 1 is 0.957 bits per heavy atom. The molecule has 0 aliphatic carbocycles. The zero-order chi connectivity index (χ0) is 34.8. The molecule has 0 saturated heterocycles. The number of hydrogen-bond donors (Lipinski definition) is 7. The van der Waals surface area contributed by atoms with Gasteiger partial charge in [0.05, 0.1) is 30.9 Å². The number of hydrogen-bond acceptors (Lipinski definition) is 11. The van der Waals surface area contributed by atoms with Gasteiger partial charge in [0.2, 0.25) is 23.6 Å². The molecule has 0 saturated carbocycles. The molecule has 0 aliphatic rings. The Kier molecular flexibility index (Phi) is 18.7. The molecule has 2 atom stereocenters. The molecule has 16 heteroatoms. The highest BCUT2D eigenvalue weighted by Crippen LogP contribution is 2.20. The number of aliphatic hydroxyl groups excluding tert-OH is 1. The number of nitrogens with one attached hydrogen (secondary N) is 6. The molecule has 1 heterocycles. The summed E-state index contributed by atoms with van der Waals surface area (Å²) in [5, 5.41) is 23.4. The van der Waals surface area contributed by atoms with Gasteiger partial charge in [0.25, 0.3) is 0 Å². The summed E-state index contributed by atoms with van der Waals surface area (Å²) in [6.45, 7) is 13.6. The van der Waals surface area contributed by atoms with Crippen LogP contribution in [0.3, 0.4) is 0 Å². The molecule has 0 bridgehead atoms. The average Bonchev–Trinajstić information content (AvgIpc) is 2.98. The Balaban J connectivity index is 2.38. The molecule has 7 N–H and O–H groups in total. The van der Waals surface area contributed by atoms with Crippen LogP contribution in [-0.4, -0.2) is 102 Å². The predicted octanol–water partition coefficient (Wildman–Crippen LogP) is 0.964. The van der Waals surface area contributed by atoms with Crippen molar-refractivity contribution in [1.82, 2.24) is 36.6 Å². The molecule has 0 spiro atoms. The normalized spacial score (nSPS) is 13.2. The Hall–Kier alpha value is -3.02. The SMILES string of the molecule is CCCOCNC(=O)CNC(=O)CNC(=O)C(NC(=O)COC(C)(C)CCOC(C)(C)CCNC(O)c1cnc(=S)[nH]c1)C(C)C. The minimum absolute atomic E-state index is 0.0532. The van der Waals surface area contributed by atoms with Gasteiger partial charge in [0.1, 0.15) is 25.6 Å². The number of carbonyl (C=O) groups excluding carboxylic acids is 4. The van der Waals surface area contributed by atoms with Gasteiger partial charge in [0, 0.05) is 31.1 Å². The standard InChI is InChI=1S/C30H53N7O8S/c1-8-12-43-19-36-23(39)16-32-22(38)17-33-27(42)25(20(2)3)37-24(40)18-45-30(6,7)10-13-44-29(4,5)9-11-31-26(41)21-14-34-28(46)35-15-21/h14-15,20,25-26,31,41H,8-13,16-19H2,1-7H3,(H,32,38)(H,33,42)(H,36,39)(H,37,40)(H,34,35,46). The minimum atomic E-state index is -0.893. The van der Waals surface area contributed by atoms with Crippen LogP contribution in [0.4, 0.5) is 0 Å². The Bertz CT molecular complexity index is 1140. The van der Waals surface area contributed by atoms with Gasteiger partial charge in [-0.25, -0.2) is 4.98 Å². The third-order valence-corrected chi connectivity index (χ3v) is 6.94. The van der Waals surface area contributed by atoms with E-state index in [4.69, 9.17) is 26.4 Å². The van der Waals surface area contributed by atoms with E-state index in [2.05, 4.69) is 36.6 Å². The molecule has 4 amide bonds. The number of carbonyl (C=O) groups is 4. The van der Waals surface area contributed by atoms with E-state index in [-0.39, 0.29) is 32.3 Å². The van der Waals surface area contributed by atoms with E-state index in [9.17, 15) is 24.3 Å². The summed E-state index contributed by atoms with van der Waals surface area (Å²) in [4.78, 5) is 55.9. The fraction of sp³-hybridized carbons (Fsp3) is 0.733. The van der Waals surface area contributed by atoms with Gasteiger partial charge in [-0.1, -0.05) is 20.8 Å². The number of rotatable bonds is 23. The van der Waals surface area contributed by atoms with E-state index in [0.29, 0.717) is 42.9 Å². The topological polar surface area (TPSA) is 205 Å². The van der Waals surface area contributed by atoms with Crippen LogP contribution in [-0.2, 0) is 33.4 Å². The first-order valence-electron chi connectivity index (χ1n) is 15.5. The van der Waals surface area contributed by atoms with E-state index in [1.165, 1.54) is 6.20 Å². The number of amides is 4. The Morgan fingerprint density at radius 2 is 1.61 bits per heavy atom. The highest BCUT2D eigenvalue weighted by Gasteiger charge is 2.27. The fourth-order valence-corrected chi connectivity index (χ4v) is 3.90. The molecular weight excluding hydrogens is 618 g/mol. The summed E-state index contributed by atoms with van der Waals surface area (Å²) in [6.07, 6.45) is 4.17. The molecule has 15 nitrogen and oxygen atoms in total. The van der Waals surface area contributed by atoms with Crippen molar-refractivity contribution < 1.29 is 38.5 Å². The molecule has 0 radical (unpaired) electrons. The van der Waals surface area contributed by atoms with Gasteiger partial charge in [0.15, 0.2) is 4.77 Å². The first kappa shape index (κ1) is 41.0. The van der Waals surface area contributed by atoms with Crippen LogP contribution in [0.1, 0.15) is 79.5 Å². The molecule has 1 rings (SSSR count). The Labute approximate surface area is 276 Å². The summed E-state index contributed by atoms with van der Waals surface area (Å²) in [7, 11) is 0. The van der Waals surface area contributed by atoms with Gasteiger partial charge >= 0.3 is 0 Å². The summed E-state index contributed by atoms with van der Waals surface area (Å²) in [5.41, 5.74) is -0.602. The lowest BCUT2D eigenvalue weighted by atomic mass is 10.0. The van der Waals surface area contributed by atoms with Crippen molar-refractivity contribution in [3.63, 3.8) is 0 Å². The second-order valence-corrected chi connectivity index (χ2v) is 12.7. The number of aromatic nitrogens is 2. The van der Waals surface area contributed by atoms with Crippen molar-refractivity contribution in [1.29, 1.82) is 0 Å². The van der Waals surface area contributed by atoms with Gasteiger partial charge in [-0.3, -0.25) is 24.5 Å². The van der Waals surface area contributed by atoms with Crippen molar-refractivity contribution in [3.05, 3.63) is 22.7 Å². The number of nitrogens with zero attached hydrogens (tertiary/aromatic N) is 1. The largest absolute Gasteiger partial charge is 0.375 e. The third-order valence-electron chi connectivity index (χ3n) is 6.72. The summed E-state index contributed by atoms with van der Waals surface area (Å²) >= 11 is 4.91. The first-order valence-corrected chi connectivity index (χ1v) is 15.9. The first-order chi connectivity index (χ1) is 21.5. The molecule has 46 heavy (non-hydrogen) atoms. The summed E-state index contributed by atoms with van der Waals surface area (Å²) in [6, 6.07) is -0.891. The van der Waals surface area contributed by atoms with Crippen LogP contribution >= 0.6 is 12.2 Å². The lowest BCUT2D eigenvalue weighted by Gasteiger charge is -2.30. The zero-order valence-electron chi connectivity index (χ0n) is 28.1. The fourth-order valence-electron chi connectivity index (χ4n) is 3.79. The lowest BCUT2D eigenvalue weighted by Crippen LogP contribution is -2.52. The summed E-state index contributed by atoms with van der Waals surface area (Å²) < 4.78 is 17.4. The summed E-state index contributed by atoms with van der Waals surface area (Å²) in [5.74, 6) is -2.24. The van der Waals surface area contributed by atoms with Crippen molar-refractivity contribution in [2.75, 3.05) is 46.2 Å². The average molecular weight is 672 g/mol. The number of ether oxygens (including phenoxy) is 3. The maximum Gasteiger partial charge on any atom is 0.246 e. The quantitative estimate of drug-likeness (QED) is 0.0496. The van der Waals surface area contributed by atoms with Crippen LogP contribution in [0.5, 0.6) is 0 Å². The highest BCUT2D eigenvalue weighted by atomic mass is 32.1. The van der Waals surface area contributed by atoms with E-state index in [1.54, 1.807) is 20.0 Å². The maximum atomic E-state index is 12.7. The van der Waals surface area contributed by atoms with E-state index in [0.717, 1.165) is 6.42 Å². The van der Waals surface area contributed by atoms with Crippen molar-refractivity contribution in [2.24, 2.45) is 5.92 Å². The van der Waals surface area contributed by atoms with E-state index in [1.807, 2.05) is 34.6 Å². The smallest absolute Gasteiger partial charge is 0.246 e. The van der Waals surface area contributed by atoms with Crippen molar-refractivity contribution in [2.45, 2.75) is 91.2 Å². The van der Waals surface area contributed by atoms with Gasteiger partial charge in [-0.15, -0.1) is 0 Å². The molecule has 0 aromatic carbocycles. The van der Waals surface area contributed by atoms with Crippen LogP contribution in [0.2, 0.25) is 0 Å². The zero-order valence-corrected chi connectivity index (χ0v) is 28.9. The van der Waals surface area contributed by atoms with E-state index < -0.39 is 47.1 Å². The lowest BCUT2D eigenvalue weighted by molar-refractivity contribution is -0.138. The highest BCUT2D eigenvalue weighted by molar-refractivity contribution is 7.71. The maximum absolute atomic E-state index is 12.7. The Morgan fingerprint density at radius 3 is 2.24 bits per heavy atom. The van der Waals surface area contributed by atoms with E-state index >= 15 is 0 Å². The van der Waals surface area contributed by atoms with Gasteiger partial charge in [-0.05, 0) is 65.1 Å².